The molecule has 0 bridgehead atoms. The van der Waals surface area contributed by atoms with Gasteiger partial charge in [-0.15, -0.1) is 24.0 Å². The summed E-state index contributed by atoms with van der Waals surface area (Å²) in [4.78, 5) is 4.62. The smallest absolute Gasteiger partial charge is 0.191 e. The molecule has 1 saturated carbocycles. The molecule has 0 aromatic heterocycles. The zero-order valence-electron chi connectivity index (χ0n) is 13.5. The number of hydrogen-bond donors (Lipinski definition) is 2. The molecule has 130 valence electrons. The topological polar surface area (TPSA) is 70.6 Å². The van der Waals surface area contributed by atoms with Crippen LogP contribution in [0.15, 0.2) is 4.99 Å². The zero-order chi connectivity index (χ0) is 15.1. The molecule has 1 aliphatic heterocycles. The first-order chi connectivity index (χ1) is 10.1. The quantitative estimate of drug-likeness (QED) is 0.389. The molecule has 1 unspecified atom stereocenters. The van der Waals surface area contributed by atoms with Gasteiger partial charge in [0.2, 0.25) is 0 Å². The van der Waals surface area contributed by atoms with E-state index in [9.17, 15) is 8.42 Å². The van der Waals surface area contributed by atoms with Crippen molar-refractivity contribution in [2.24, 2.45) is 10.9 Å². The van der Waals surface area contributed by atoms with E-state index in [2.05, 4.69) is 15.6 Å². The second-order valence-corrected chi connectivity index (χ2v) is 8.53. The summed E-state index contributed by atoms with van der Waals surface area (Å²) in [6, 6.07) is 0.0162. The molecule has 0 radical (unpaired) electrons. The Bertz CT molecular complexity index is 448. The minimum atomic E-state index is -2.84. The zero-order valence-corrected chi connectivity index (χ0v) is 16.7. The van der Waals surface area contributed by atoms with Crippen LogP contribution in [0.25, 0.3) is 0 Å². The van der Waals surface area contributed by atoms with Crippen LogP contribution in [0.1, 0.15) is 51.9 Å². The van der Waals surface area contributed by atoms with Crippen molar-refractivity contribution in [3.63, 3.8) is 0 Å². The second kappa shape index (κ2) is 9.95. The van der Waals surface area contributed by atoms with Crippen molar-refractivity contribution in [2.75, 3.05) is 24.6 Å². The van der Waals surface area contributed by atoms with Gasteiger partial charge >= 0.3 is 0 Å². The van der Waals surface area contributed by atoms with E-state index >= 15 is 0 Å². The Morgan fingerprint density at radius 1 is 1.18 bits per heavy atom. The maximum atomic E-state index is 11.5. The molecule has 2 fully saturated rings. The van der Waals surface area contributed by atoms with Crippen LogP contribution in [0.3, 0.4) is 0 Å². The average Bonchev–Trinajstić information content (AvgIpc) is 2.79. The van der Waals surface area contributed by atoms with Crippen molar-refractivity contribution >= 4 is 39.8 Å². The van der Waals surface area contributed by atoms with Gasteiger partial charge < -0.3 is 10.6 Å². The highest BCUT2D eigenvalue weighted by Crippen LogP contribution is 2.26. The van der Waals surface area contributed by atoms with Gasteiger partial charge in [0.05, 0.1) is 11.5 Å². The van der Waals surface area contributed by atoms with Gasteiger partial charge in [-0.25, -0.2) is 8.42 Å². The lowest BCUT2D eigenvalue weighted by Crippen LogP contribution is -2.44. The van der Waals surface area contributed by atoms with E-state index in [1.807, 2.05) is 6.92 Å². The SMILES string of the molecule is CCNC(=NCCC1CCCCC1)NC1CCS(=O)(=O)C1.I. The lowest BCUT2D eigenvalue weighted by Gasteiger charge is -2.21. The molecule has 0 aromatic carbocycles. The van der Waals surface area contributed by atoms with Gasteiger partial charge in [-0.1, -0.05) is 32.1 Å². The molecule has 1 heterocycles. The maximum absolute atomic E-state index is 11.5. The maximum Gasteiger partial charge on any atom is 0.191 e. The molecule has 0 spiro atoms. The second-order valence-electron chi connectivity index (χ2n) is 6.30. The Hall–Kier alpha value is -0.0500. The summed E-state index contributed by atoms with van der Waals surface area (Å²) in [6.07, 6.45) is 8.66. The summed E-state index contributed by atoms with van der Waals surface area (Å²) >= 11 is 0. The van der Waals surface area contributed by atoms with Crippen molar-refractivity contribution in [3.05, 3.63) is 0 Å². The van der Waals surface area contributed by atoms with Crippen molar-refractivity contribution in [1.82, 2.24) is 10.6 Å². The summed E-state index contributed by atoms with van der Waals surface area (Å²) in [6.45, 7) is 3.66. The molecular formula is C15H30IN3O2S. The highest BCUT2D eigenvalue weighted by Gasteiger charge is 2.28. The van der Waals surface area contributed by atoms with Gasteiger partial charge in [0.1, 0.15) is 0 Å². The van der Waals surface area contributed by atoms with E-state index in [1.54, 1.807) is 0 Å². The first-order valence-electron chi connectivity index (χ1n) is 8.34. The minimum Gasteiger partial charge on any atom is -0.357 e. The Labute approximate surface area is 152 Å². The summed E-state index contributed by atoms with van der Waals surface area (Å²) in [5, 5.41) is 6.49. The number of aliphatic imine (C=N–C) groups is 1. The van der Waals surface area contributed by atoms with Gasteiger partial charge in [0.15, 0.2) is 15.8 Å². The number of rotatable bonds is 5. The van der Waals surface area contributed by atoms with E-state index in [0.29, 0.717) is 12.2 Å². The van der Waals surface area contributed by atoms with Crippen LogP contribution in [-0.2, 0) is 9.84 Å². The van der Waals surface area contributed by atoms with Crippen molar-refractivity contribution in [1.29, 1.82) is 0 Å². The first-order valence-corrected chi connectivity index (χ1v) is 10.2. The number of sulfone groups is 1. The fraction of sp³-hybridized carbons (Fsp3) is 0.933. The Morgan fingerprint density at radius 3 is 2.50 bits per heavy atom. The highest BCUT2D eigenvalue weighted by atomic mass is 127. The van der Waals surface area contributed by atoms with Crippen LogP contribution in [0.5, 0.6) is 0 Å². The van der Waals surface area contributed by atoms with Crippen LogP contribution in [-0.4, -0.2) is 45.0 Å². The summed E-state index contributed by atoms with van der Waals surface area (Å²) in [5.74, 6) is 2.14. The van der Waals surface area contributed by atoms with Crippen LogP contribution >= 0.6 is 24.0 Å². The molecule has 2 rings (SSSR count). The normalized spacial score (nSPS) is 25.5. The Kier molecular flexibility index (Phi) is 9.04. The standard InChI is InChI=1S/C15H29N3O2S.HI/c1-2-16-15(18-14-9-11-21(19,20)12-14)17-10-8-13-6-4-3-5-7-13;/h13-14H,2-12H2,1H3,(H2,16,17,18);1H. The first kappa shape index (κ1) is 20.0. The summed E-state index contributed by atoms with van der Waals surface area (Å²) in [7, 11) is -2.84. The number of guanidine groups is 1. The fourth-order valence-corrected chi connectivity index (χ4v) is 4.93. The Morgan fingerprint density at radius 2 is 1.91 bits per heavy atom. The third kappa shape index (κ3) is 7.02. The molecule has 1 aliphatic carbocycles. The molecule has 1 atom stereocenters. The van der Waals surface area contributed by atoms with Gasteiger partial charge in [-0.05, 0) is 25.7 Å². The van der Waals surface area contributed by atoms with E-state index in [1.165, 1.54) is 32.1 Å². The molecule has 2 aliphatic rings. The van der Waals surface area contributed by atoms with E-state index in [4.69, 9.17) is 0 Å². The lowest BCUT2D eigenvalue weighted by atomic mass is 9.87. The van der Waals surface area contributed by atoms with Crippen molar-refractivity contribution < 1.29 is 8.42 Å². The largest absolute Gasteiger partial charge is 0.357 e. The molecule has 0 amide bonds. The van der Waals surface area contributed by atoms with Crippen molar-refractivity contribution in [3.8, 4) is 0 Å². The molecule has 7 heteroatoms. The third-order valence-electron chi connectivity index (χ3n) is 4.45. The van der Waals surface area contributed by atoms with Crippen molar-refractivity contribution in [2.45, 2.75) is 57.9 Å². The number of halogens is 1. The van der Waals surface area contributed by atoms with E-state index in [-0.39, 0.29) is 35.8 Å². The van der Waals surface area contributed by atoms with Gasteiger partial charge in [0.25, 0.3) is 0 Å². The van der Waals surface area contributed by atoms with Gasteiger partial charge in [0, 0.05) is 19.1 Å². The summed E-state index contributed by atoms with van der Waals surface area (Å²) < 4.78 is 23.0. The minimum absolute atomic E-state index is 0. The molecule has 22 heavy (non-hydrogen) atoms. The van der Waals surface area contributed by atoms with Gasteiger partial charge in [-0.3, -0.25) is 4.99 Å². The number of nitrogens with one attached hydrogen (secondary N) is 2. The molecule has 1 saturated heterocycles. The average molecular weight is 443 g/mol. The molecular weight excluding hydrogens is 413 g/mol. The van der Waals surface area contributed by atoms with Crippen LogP contribution in [0, 0.1) is 5.92 Å². The van der Waals surface area contributed by atoms with E-state index in [0.717, 1.165) is 31.4 Å². The van der Waals surface area contributed by atoms with Crippen LogP contribution in [0.2, 0.25) is 0 Å². The van der Waals surface area contributed by atoms with E-state index < -0.39 is 9.84 Å². The molecule has 5 nitrogen and oxygen atoms in total. The predicted molar refractivity (Wildman–Crippen MR) is 103 cm³/mol. The molecule has 0 aromatic rings. The Balaban J connectivity index is 0.00000242. The predicted octanol–water partition coefficient (Wildman–Crippen LogP) is 2.32. The molecule has 2 N–H and O–H groups in total. The van der Waals surface area contributed by atoms with Crippen LogP contribution in [0.4, 0.5) is 0 Å². The highest BCUT2D eigenvalue weighted by molar-refractivity contribution is 14.0. The third-order valence-corrected chi connectivity index (χ3v) is 6.22. The fourth-order valence-electron chi connectivity index (χ4n) is 3.26. The lowest BCUT2D eigenvalue weighted by molar-refractivity contribution is 0.343. The van der Waals surface area contributed by atoms with Crippen LogP contribution < -0.4 is 10.6 Å². The summed E-state index contributed by atoms with van der Waals surface area (Å²) in [5.41, 5.74) is 0. The number of nitrogens with zero attached hydrogens (tertiary/aromatic N) is 1. The number of hydrogen-bond acceptors (Lipinski definition) is 3. The van der Waals surface area contributed by atoms with Gasteiger partial charge in [-0.2, -0.15) is 0 Å². The monoisotopic (exact) mass is 443 g/mol.